The van der Waals surface area contributed by atoms with Gasteiger partial charge in [0.1, 0.15) is 12.1 Å². The van der Waals surface area contributed by atoms with E-state index in [2.05, 4.69) is 10.6 Å². The van der Waals surface area contributed by atoms with E-state index in [4.69, 9.17) is 10.2 Å². The number of aliphatic carboxylic acids is 2. The summed E-state index contributed by atoms with van der Waals surface area (Å²) >= 11 is 0. The summed E-state index contributed by atoms with van der Waals surface area (Å²) in [5.74, 6) is -4.76. The lowest BCUT2D eigenvalue weighted by molar-refractivity contribution is -0.147. The number of carboxylic acids is 2. The Kier molecular flexibility index (Phi) is 8.14. The van der Waals surface area contributed by atoms with Crippen molar-refractivity contribution in [2.45, 2.75) is 52.6 Å². The molecule has 0 fully saturated rings. The molecular formula is C14H24N2O6. The Labute approximate surface area is 129 Å². The molecule has 0 radical (unpaired) electrons. The standard InChI is InChI=1S/C14H24N2O6/c1-7(2)5-9(13(19)20)15-11(17)12(18)16-10(14(21)22)6-8(3)4/h7-10H,5-6H2,1-4H3,(H,15,17)(H,16,18)(H,19,20)(H,21,22)/t9-,10+. The van der Waals surface area contributed by atoms with E-state index >= 15 is 0 Å². The van der Waals surface area contributed by atoms with Gasteiger partial charge in [0, 0.05) is 0 Å². The summed E-state index contributed by atoms with van der Waals surface area (Å²) in [5, 5.41) is 22.2. The fourth-order valence-corrected chi connectivity index (χ4v) is 1.83. The predicted molar refractivity (Wildman–Crippen MR) is 78.0 cm³/mol. The van der Waals surface area contributed by atoms with Crippen molar-refractivity contribution in [3.05, 3.63) is 0 Å². The number of hydrogen-bond acceptors (Lipinski definition) is 4. The first-order chi connectivity index (χ1) is 10.0. The molecule has 2 atom stereocenters. The highest BCUT2D eigenvalue weighted by Gasteiger charge is 2.28. The first kappa shape index (κ1) is 19.9. The number of hydrogen-bond donors (Lipinski definition) is 4. The summed E-state index contributed by atoms with van der Waals surface area (Å²) in [6, 6.07) is -2.38. The van der Waals surface area contributed by atoms with Crippen LogP contribution in [0.3, 0.4) is 0 Å². The van der Waals surface area contributed by atoms with Gasteiger partial charge in [0.2, 0.25) is 0 Å². The largest absolute Gasteiger partial charge is 0.480 e. The molecule has 0 aromatic heterocycles. The van der Waals surface area contributed by atoms with Crippen LogP contribution in [0.25, 0.3) is 0 Å². The van der Waals surface area contributed by atoms with E-state index in [0.29, 0.717) is 0 Å². The minimum absolute atomic E-state index is 0.0113. The molecule has 0 rings (SSSR count). The molecule has 0 aromatic rings. The van der Waals surface area contributed by atoms with Crippen LogP contribution >= 0.6 is 0 Å². The van der Waals surface area contributed by atoms with Crippen LogP contribution in [0.5, 0.6) is 0 Å². The van der Waals surface area contributed by atoms with Crippen LogP contribution in [-0.2, 0) is 19.2 Å². The Balaban J connectivity index is 4.72. The Morgan fingerprint density at radius 1 is 0.727 bits per heavy atom. The van der Waals surface area contributed by atoms with Crippen LogP contribution < -0.4 is 10.6 Å². The molecule has 0 saturated heterocycles. The number of rotatable bonds is 8. The quantitative estimate of drug-likeness (QED) is 0.473. The second-order valence-electron chi connectivity index (χ2n) is 5.99. The molecule has 0 aromatic carbocycles. The molecule has 4 N–H and O–H groups in total. The molecule has 8 heteroatoms. The van der Waals surface area contributed by atoms with Crippen molar-refractivity contribution >= 4 is 23.8 Å². The van der Waals surface area contributed by atoms with Gasteiger partial charge in [0.15, 0.2) is 0 Å². The Morgan fingerprint density at radius 3 is 1.18 bits per heavy atom. The summed E-state index contributed by atoms with van der Waals surface area (Å²) in [5.41, 5.74) is 0. The van der Waals surface area contributed by atoms with Crippen molar-refractivity contribution in [1.82, 2.24) is 10.6 Å². The third kappa shape index (κ3) is 7.61. The van der Waals surface area contributed by atoms with E-state index in [9.17, 15) is 19.2 Å². The molecule has 22 heavy (non-hydrogen) atoms. The van der Waals surface area contributed by atoms with Gasteiger partial charge in [-0.05, 0) is 24.7 Å². The van der Waals surface area contributed by atoms with Gasteiger partial charge >= 0.3 is 23.8 Å². The first-order valence-electron chi connectivity index (χ1n) is 7.11. The third-order valence-corrected chi connectivity index (χ3v) is 2.83. The maximum atomic E-state index is 11.7. The lowest BCUT2D eigenvalue weighted by Gasteiger charge is -2.18. The summed E-state index contributed by atoms with van der Waals surface area (Å²) in [7, 11) is 0. The van der Waals surface area contributed by atoms with Crippen molar-refractivity contribution in [2.24, 2.45) is 11.8 Å². The molecule has 0 bridgehead atoms. The van der Waals surface area contributed by atoms with Crippen LogP contribution in [0.4, 0.5) is 0 Å². The average Bonchev–Trinajstić information content (AvgIpc) is 2.35. The summed E-state index contributed by atoms with van der Waals surface area (Å²) < 4.78 is 0. The average molecular weight is 316 g/mol. The van der Waals surface area contributed by atoms with E-state index in [1.807, 2.05) is 0 Å². The van der Waals surface area contributed by atoms with Crippen LogP contribution in [-0.4, -0.2) is 46.0 Å². The molecule has 0 aliphatic rings. The van der Waals surface area contributed by atoms with Crippen LogP contribution in [0, 0.1) is 11.8 Å². The smallest absolute Gasteiger partial charge is 0.326 e. The first-order valence-corrected chi connectivity index (χ1v) is 7.11. The Hall–Kier alpha value is -2.12. The molecule has 8 nitrogen and oxygen atoms in total. The second kappa shape index (κ2) is 9.01. The topological polar surface area (TPSA) is 133 Å². The zero-order chi connectivity index (χ0) is 17.4. The van der Waals surface area contributed by atoms with Crippen molar-refractivity contribution in [1.29, 1.82) is 0 Å². The van der Waals surface area contributed by atoms with Gasteiger partial charge in [0.05, 0.1) is 0 Å². The van der Waals surface area contributed by atoms with Crippen LogP contribution in [0.2, 0.25) is 0 Å². The number of carbonyl (C=O) groups excluding carboxylic acids is 2. The maximum absolute atomic E-state index is 11.7. The van der Waals surface area contributed by atoms with Gasteiger partial charge in [0.25, 0.3) is 0 Å². The predicted octanol–water partition coefficient (Wildman–Crippen LogP) is 0.217. The molecule has 0 aliphatic carbocycles. The number of carbonyl (C=O) groups is 4. The lowest BCUT2D eigenvalue weighted by Crippen LogP contribution is -2.52. The van der Waals surface area contributed by atoms with Gasteiger partial charge < -0.3 is 20.8 Å². The van der Waals surface area contributed by atoms with Gasteiger partial charge in [-0.15, -0.1) is 0 Å². The summed E-state index contributed by atoms with van der Waals surface area (Å²) in [4.78, 5) is 45.5. The van der Waals surface area contributed by atoms with Crippen LogP contribution in [0.15, 0.2) is 0 Å². The van der Waals surface area contributed by atoms with E-state index in [1.54, 1.807) is 27.7 Å². The fraction of sp³-hybridized carbons (Fsp3) is 0.714. The van der Waals surface area contributed by atoms with E-state index in [-0.39, 0.29) is 24.7 Å². The zero-order valence-electron chi connectivity index (χ0n) is 13.3. The molecule has 0 unspecified atom stereocenters. The highest BCUT2D eigenvalue weighted by atomic mass is 16.4. The van der Waals surface area contributed by atoms with Crippen LogP contribution in [0.1, 0.15) is 40.5 Å². The highest BCUT2D eigenvalue weighted by molar-refractivity contribution is 6.35. The van der Waals surface area contributed by atoms with Crippen molar-refractivity contribution in [3.8, 4) is 0 Å². The maximum Gasteiger partial charge on any atom is 0.326 e. The Morgan fingerprint density at radius 2 is 1.00 bits per heavy atom. The van der Waals surface area contributed by atoms with E-state index in [0.717, 1.165) is 0 Å². The van der Waals surface area contributed by atoms with Gasteiger partial charge in [-0.2, -0.15) is 0 Å². The summed E-state index contributed by atoms with van der Waals surface area (Å²) in [6.45, 7) is 7.13. The normalized spacial score (nSPS) is 13.5. The minimum Gasteiger partial charge on any atom is -0.480 e. The lowest BCUT2D eigenvalue weighted by atomic mass is 10.0. The fourth-order valence-electron chi connectivity index (χ4n) is 1.83. The molecule has 0 spiro atoms. The summed E-state index contributed by atoms with van der Waals surface area (Å²) in [6.07, 6.45) is 0.339. The SMILES string of the molecule is CC(C)C[C@H](NC(=O)C(=O)N[C@H](CC(C)C)C(=O)O)C(=O)O. The van der Waals surface area contributed by atoms with Crippen molar-refractivity contribution < 1.29 is 29.4 Å². The second-order valence-corrected chi connectivity index (χ2v) is 5.99. The van der Waals surface area contributed by atoms with Gasteiger partial charge in [-0.1, -0.05) is 27.7 Å². The number of amides is 2. The zero-order valence-corrected chi connectivity index (χ0v) is 13.3. The monoisotopic (exact) mass is 316 g/mol. The Bertz CT molecular complexity index is 393. The molecule has 0 heterocycles. The highest BCUT2D eigenvalue weighted by Crippen LogP contribution is 2.06. The van der Waals surface area contributed by atoms with Gasteiger partial charge in [-0.25, -0.2) is 9.59 Å². The number of nitrogens with one attached hydrogen (secondary N) is 2. The van der Waals surface area contributed by atoms with Gasteiger partial charge in [-0.3, -0.25) is 9.59 Å². The van der Waals surface area contributed by atoms with Crippen molar-refractivity contribution in [3.63, 3.8) is 0 Å². The molecular weight excluding hydrogens is 292 g/mol. The molecule has 0 aliphatic heterocycles. The third-order valence-electron chi connectivity index (χ3n) is 2.83. The minimum atomic E-state index is -1.24. The molecule has 0 saturated carbocycles. The van der Waals surface area contributed by atoms with E-state index < -0.39 is 35.8 Å². The van der Waals surface area contributed by atoms with Crippen molar-refractivity contribution in [2.75, 3.05) is 0 Å². The van der Waals surface area contributed by atoms with E-state index in [1.165, 1.54) is 0 Å². The molecule has 2 amide bonds. The number of carboxylic acid groups (broad SMARTS) is 2. The molecule has 126 valence electrons.